The van der Waals surface area contributed by atoms with Crippen LogP contribution in [0.25, 0.3) is 16.8 Å². The fourth-order valence-corrected chi connectivity index (χ4v) is 5.44. The van der Waals surface area contributed by atoms with Gasteiger partial charge in [0.15, 0.2) is 6.35 Å². The van der Waals surface area contributed by atoms with Gasteiger partial charge in [0.25, 0.3) is 0 Å². The summed E-state index contributed by atoms with van der Waals surface area (Å²) in [6.07, 6.45) is 7.34. The smallest absolute Gasteiger partial charge is 0.184 e. The number of aromatic nitrogens is 4. The maximum absolute atomic E-state index is 11.1. The molecule has 1 fully saturated rings. The summed E-state index contributed by atoms with van der Waals surface area (Å²) in [5.74, 6) is 1.23. The Labute approximate surface area is 229 Å². The molecule has 0 radical (unpaired) electrons. The zero-order valence-electron chi connectivity index (χ0n) is 22.5. The van der Waals surface area contributed by atoms with Gasteiger partial charge < -0.3 is 19.7 Å². The van der Waals surface area contributed by atoms with E-state index in [1.807, 2.05) is 55.3 Å². The number of piperidine rings is 1. The maximum Gasteiger partial charge on any atom is 0.184 e. The Morgan fingerprint density at radius 1 is 1.03 bits per heavy atom. The van der Waals surface area contributed by atoms with E-state index in [1.54, 1.807) is 0 Å². The highest BCUT2D eigenvalue weighted by atomic mass is 16.3. The molecular formula is C31H35N7O. The summed E-state index contributed by atoms with van der Waals surface area (Å²) >= 11 is 0. The summed E-state index contributed by atoms with van der Waals surface area (Å²) in [4.78, 5) is 9.35. The minimum atomic E-state index is -0.764. The topological polar surface area (TPSA) is 73.9 Å². The highest BCUT2D eigenvalue weighted by molar-refractivity contribution is 5.77. The Kier molecular flexibility index (Phi) is 7.04. The first-order valence-corrected chi connectivity index (χ1v) is 13.5. The SMILES string of the molecule is CN(C)c1ccc(NC(O)N2CCC[C@@H](c3nc(-c4cnn(Cc5ccccc5)c4)c4ccccn34)C2)cc1. The van der Waals surface area contributed by atoms with Crippen LogP contribution in [-0.4, -0.2) is 62.7 Å². The van der Waals surface area contributed by atoms with Gasteiger partial charge in [-0.05, 0) is 54.8 Å². The minimum Gasteiger partial charge on any atom is -0.378 e. The Morgan fingerprint density at radius 2 is 1.82 bits per heavy atom. The van der Waals surface area contributed by atoms with Gasteiger partial charge in [-0.15, -0.1) is 0 Å². The molecule has 5 aromatic rings. The third kappa shape index (κ3) is 5.39. The van der Waals surface area contributed by atoms with E-state index < -0.39 is 6.35 Å². The van der Waals surface area contributed by atoms with Crippen LogP contribution >= 0.6 is 0 Å². The number of hydrogen-bond acceptors (Lipinski definition) is 6. The van der Waals surface area contributed by atoms with E-state index in [0.29, 0.717) is 0 Å². The van der Waals surface area contributed by atoms with Crippen molar-refractivity contribution in [2.75, 3.05) is 37.4 Å². The lowest BCUT2D eigenvalue weighted by molar-refractivity contribution is 0.00699. The zero-order valence-corrected chi connectivity index (χ0v) is 22.5. The van der Waals surface area contributed by atoms with Crippen LogP contribution in [0, 0.1) is 0 Å². The first-order valence-electron chi connectivity index (χ1n) is 13.5. The van der Waals surface area contributed by atoms with Gasteiger partial charge in [-0.1, -0.05) is 36.4 Å². The molecule has 0 spiro atoms. The quantitative estimate of drug-likeness (QED) is 0.284. The first kappa shape index (κ1) is 25.2. The van der Waals surface area contributed by atoms with Crippen LogP contribution in [0.4, 0.5) is 11.4 Å². The maximum atomic E-state index is 11.1. The number of likely N-dealkylation sites (tertiary alicyclic amines) is 1. The molecule has 1 aliphatic rings. The normalized spacial score (nSPS) is 16.8. The lowest BCUT2D eigenvalue weighted by Gasteiger charge is -2.35. The number of anilines is 2. The second kappa shape index (κ2) is 10.9. The van der Waals surface area contributed by atoms with Crippen molar-refractivity contribution in [2.24, 2.45) is 0 Å². The van der Waals surface area contributed by atoms with Gasteiger partial charge in [-0.25, -0.2) is 4.98 Å². The molecule has 6 rings (SSSR count). The number of nitrogens with zero attached hydrogens (tertiary/aromatic N) is 6. The van der Waals surface area contributed by atoms with E-state index in [9.17, 15) is 5.11 Å². The number of pyridine rings is 1. The van der Waals surface area contributed by atoms with Crippen LogP contribution in [-0.2, 0) is 6.54 Å². The van der Waals surface area contributed by atoms with Gasteiger partial charge >= 0.3 is 0 Å². The summed E-state index contributed by atoms with van der Waals surface area (Å²) < 4.78 is 4.17. The zero-order chi connectivity index (χ0) is 26.8. The number of hydrogen-bond donors (Lipinski definition) is 2. The molecule has 1 unspecified atom stereocenters. The third-order valence-electron chi connectivity index (χ3n) is 7.51. The standard InChI is InChI=1S/C31H35N7O/c1-35(2)27-15-13-26(14-16-27)33-31(39)36-17-8-11-24(21-36)30-34-29(28-12-6-7-18-38(28)30)25-19-32-37(22-25)20-23-9-4-3-5-10-23/h3-7,9-10,12-16,18-19,22,24,31,33,39H,8,11,17,20-21H2,1-2H3/t24-,31?/m1/s1. The molecule has 200 valence electrons. The largest absolute Gasteiger partial charge is 0.378 e. The van der Waals surface area contributed by atoms with Gasteiger partial charge in [0, 0.05) is 62.4 Å². The molecular weight excluding hydrogens is 486 g/mol. The highest BCUT2D eigenvalue weighted by Crippen LogP contribution is 2.32. The molecule has 8 nitrogen and oxygen atoms in total. The Morgan fingerprint density at radius 3 is 2.62 bits per heavy atom. The van der Waals surface area contributed by atoms with Crippen LogP contribution in [0.2, 0.25) is 0 Å². The summed E-state index contributed by atoms with van der Waals surface area (Å²) in [6.45, 7) is 2.29. The highest BCUT2D eigenvalue weighted by Gasteiger charge is 2.29. The van der Waals surface area contributed by atoms with Crippen LogP contribution in [0.1, 0.15) is 30.1 Å². The molecule has 39 heavy (non-hydrogen) atoms. The van der Waals surface area contributed by atoms with Crippen molar-refractivity contribution >= 4 is 16.9 Å². The molecule has 0 aliphatic carbocycles. The molecule has 0 amide bonds. The first-order chi connectivity index (χ1) is 19.0. The Bertz CT molecular complexity index is 1520. The molecule has 8 heteroatoms. The fourth-order valence-electron chi connectivity index (χ4n) is 5.44. The average Bonchev–Trinajstić information content (AvgIpc) is 3.59. The predicted octanol–water partition coefficient (Wildman–Crippen LogP) is 4.88. The molecule has 1 saturated heterocycles. The summed E-state index contributed by atoms with van der Waals surface area (Å²) in [7, 11) is 4.04. The van der Waals surface area contributed by atoms with Crippen molar-refractivity contribution in [1.82, 2.24) is 24.1 Å². The van der Waals surface area contributed by atoms with Crippen molar-refractivity contribution in [1.29, 1.82) is 0 Å². The van der Waals surface area contributed by atoms with E-state index in [1.165, 1.54) is 5.56 Å². The van der Waals surface area contributed by atoms with Crippen molar-refractivity contribution in [3.8, 4) is 11.3 Å². The fraction of sp³-hybridized carbons (Fsp3) is 0.290. The van der Waals surface area contributed by atoms with Gasteiger partial charge in [0.05, 0.1) is 24.0 Å². The molecule has 2 aromatic carbocycles. The molecule has 2 N–H and O–H groups in total. The molecule has 2 atom stereocenters. The molecule has 3 aromatic heterocycles. The van der Waals surface area contributed by atoms with Gasteiger partial charge in [-0.2, -0.15) is 5.10 Å². The lowest BCUT2D eigenvalue weighted by Crippen LogP contribution is -2.46. The van der Waals surface area contributed by atoms with Crippen molar-refractivity contribution < 1.29 is 5.11 Å². The number of nitrogens with one attached hydrogen (secondary N) is 1. The van der Waals surface area contributed by atoms with Gasteiger partial charge in [0.2, 0.25) is 0 Å². The number of benzene rings is 2. The third-order valence-corrected chi connectivity index (χ3v) is 7.51. The number of aliphatic hydroxyl groups is 1. The van der Waals surface area contributed by atoms with Crippen LogP contribution in [0.15, 0.2) is 91.4 Å². The summed E-state index contributed by atoms with van der Waals surface area (Å²) in [5.41, 5.74) is 6.27. The minimum absolute atomic E-state index is 0.203. The van der Waals surface area contributed by atoms with E-state index >= 15 is 0 Å². The van der Waals surface area contributed by atoms with Crippen LogP contribution in [0.5, 0.6) is 0 Å². The Balaban J connectivity index is 1.21. The summed E-state index contributed by atoms with van der Waals surface area (Å²) in [5, 5.41) is 18.9. The van der Waals surface area contributed by atoms with Gasteiger partial charge in [0.1, 0.15) is 5.82 Å². The molecule has 0 saturated carbocycles. The number of fused-ring (bicyclic) bond motifs is 1. The van der Waals surface area contributed by atoms with E-state index in [4.69, 9.17) is 4.98 Å². The summed E-state index contributed by atoms with van der Waals surface area (Å²) in [6, 6.07) is 24.7. The van der Waals surface area contributed by atoms with E-state index in [-0.39, 0.29) is 5.92 Å². The monoisotopic (exact) mass is 521 g/mol. The molecule has 4 heterocycles. The van der Waals surface area contributed by atoms with E-state index in [2.05, 4.69) is 79.5 Å². The molecule has 0 bridgehead atoms. The lowest BCUT2D eigenvalue weighted by atomic mass is 9.97. The van der Waals surface area contributed by atoms with Crippen molar-refractivity contribution in [2.45, 2.75) is 31.7 Å². The van der Waals surface area contributed by atoms with Crippen LogP contribution in [0.3, 0.4) is 0 Å². The Hall–Kier alpha value is -4.14. The number of imidazole rings is 1. The predicted molar refractivity (Wildman–Crippen MR) is 156 cm³/mol. The van der Waals surface area contributed by atoms with Gasteiger partial charge in [-0.3, -0.25) is 9.58 Å². The number of aliphatic hydroxyl groups excluding tert-OH is 1. The number of rotatable bonds is 8. The van der Waals surface area contributed by atoms with Crippen LogP contribution < -0.4 is 10.2 Å². The van der Waals surface area contributed by atoms with E-state index in [0.717, 1.165) is 66.4 Å². The second-order valence-electron chi connectivity index (χ2n) is 10.5. The van der Waals surface area contributed by atoms with Crippen molar-refractivity contribution in [3.05, 3.63) is 103 Å². The van der Waals surface area contributed by atoms with Crippen molar-refractivity contribution in [3.63, 3.8) is 0 Å². The average molecular weight is 522 g/mol. The second-order valence-corrected chi connectivity index (χ2v) is 10.5. The molecule has 1 aliphatic heterocycles.